The molecule has 1 aliphatic rings. The predicted molar refractivity (Wildman–Crippen MR) is 50.4 cm³/mol. The van der Waals surface area contributed by atoms with Crippen molar-refractivity contribution in [3.8, 4) is 0 Å². The van der Waals surface area contributed by atoms with Crippen LogP contribution in [0.1, 0.15) is 6.92 Å². The molecular weight excluding hydrogens is 168 g/mol. The van der Waals surface area contributed by atoms with Gasteiger partial charge in [-0.05, 0) is 13.0 Å². The lowest BCUT2D eigenvalue weighted by Crippen LogP contribution is -2.48. The number of hydrogen-bond donors (Lipinski definition) is 2. The van der Waals surface area contributed by atoms with Gasteiger partial charge in [-0.15, -0.1) is 0 Å². The van der Waals surface area contributed by atoms with Crippen LogP contribution in [0.5, 0.6) is 0 Å². The quantitative estimate of drug-likeness (QED) is 0.590. The first kappa shape index (κ1) is 10.2. The lowest BCUT2D eigenvalue weighted by atomic mass is 10.3. The molecule has 1 heterocycles. The van der Waals surface area contributed by atoms with E-state index in [-0.39, 0.29) is 11.9 Å². The minimum Gasteiger partial charge on any atom is -0.378 e. The second kappa shape index (κ2) is 5.72. The van der Waals surface area contributed by atoms with Gasteiger partial charge in [-0.25, -0.2) is 0 Å². The van der Waals surface area contributed by atoms with Crippen molar-refractivity contribution in [3.63, 3.8) is 0 Å². The Morgan fingerprint density at radius 2 is 2.62 bits per heavy atom. The average molecular weight is 184 g/mol. The summed E-state index contributed by atoms with van der Waals surface area (Å²) in [6.07, 6.45) is 3.24. The van der Waals surface area contributed by atoms with Gasteiger partial charge in [-0.1, -0.05) is 6.08 Å². The van der Waals surface area contributed by atoms with Crippen molar-refractivity contribution >= 4 is 5.91 Å². The third-order valence-electron chi connectivity index (χ3n) is 1.84. The van der Waals surface area contributed by atoms with Crippen LogP contribution in [-0.2, 0) is 9.53 Å². The molecule has 1 aliphatic heterocycles. The summed E-state index contributed by atoms with van der Waals surface area (Å²) < 4.78 is 5.24. The molecule has 2 N–H and O–H groups in total. The van der Waals surface area contributed by atoms with E-state index < -0.39 is 0 Å². The van der Waals surface area contributed by atoms with Gasteiger partial charge in [0.1, 0.15) is 0 Å². The third-order valence-corrected chi connectivity index (χ3v) is 1.84. The number of ether oxygens (including phenoxy) is 1. The first-order chi connectivity index (χ1) is 6.33. The van der Waals surface area contributed by atoms with Crippen molar-refractivity contribution in [1.29, 1.82) is 0 Å². The summed E-state index contributed by atoms with van der Waals surface area (Å²) in [5.41, 5.74) is 0. The fourth-order valence-corrected chi connectivity index (χ4v) is 1.18. The fraction of sp³-hybridized carbons (Fsp3) is 0.667. The molecule has 74 valence electrons. The molecule has 1 saturated heterocycles. The molecule has 1 fully saturated rings. The fourth-order valence-electron chi connectivity index (χ4n) is 1.18. The van der Waals surface area contributed by atoms with Crippen LogP contribution in [0.15, 0.2) is 12.2 Å². The Labute approximate surface area is 78.3 Å². The maximum Gasteiger partial charge on any atom is 0.243 e. The Kier molecular flexibility index (Phi) is 4.49. The number of carbonyl (C=O) groups excluding carboxylic acids is 1. The first-order valence-electron chi connectivity index (χ1n) is 4.54. The number of morpholine rings is 1. The number of rotatable bonds is 3. The summed E-state index contributed by atoms with van der Waals surface area (Å²) in [5, 5.41) is 6.04. The van der Waals surface area contributed by atoms with Crippen molar-refractivity contribution in [2.24, 2.45) is 0 Å². The summed E-state index contributed by atoms with van der Waals surface area (Å²) in [7, 11) is 0. The van der Waals surface area contributed by atoms with Crippen LogP contribution in [0.4, 0.5) is 0 Å². The van der Waals surface area contributed by atoms with Crippen LogP contribution in [0.2, 0.25) is 0 Å². The molecule has 0 aliphatic carbocycles. The highest BCUT2D eigenvalue weighted by atomic mass is 16.5. The molecule has 1 amide bonds. The van der Waals surface area contributed by atoms with Gasteiger partial charge >= 0.3 is 0 Å². The minimum absolute atomic E-state index is 0.0464. The highest BCUT2D eigenvalue weighted by Crippen LogP contribution is 1.90. The summed E-state index contributed by atoms with van der Waals surface area (Å²) in [5.74, 6) is -0.0464. The Bertz CT molecular complexity index is 186. The normalized spacial score (nSPS) is 23.3. The van der Waals surface area contributed by atoms with E-state index in [1.165, 1.54) is 6.08 Å². The van der Waals surface area contributed by atoms with E-state index >= 15 is 0 Å². The van der Waals surface area contributed by atoms with Crippen LogP contribution in [0, 0.1) is 0 Å². The largest absolute Gasteiger partial charge is 0.378 e. The molecule has 4 nitrogen and oxygen atoms in total. The van der Waals surface area contributed by atoms with Crippen molar-refractivity contribution < 1.29 is 9.53 Å². The van der Waals surface area contributed by atoms with Gasteiger partial charge in [0.15, 0.2) is 0 Å². The smallest absolute Gasteiger partial charge is 0.243 e. The second-order valence-corrected chi connectivity index (χ2v) is 2.97. The first-order valence-corrected chi connectivity index (χ1v) is 4.54. The lowest BCUT2D eigenvalue weighted by Gasteiger charge is -2.23. The maximum absolute atomic E-state index is 11.0. The molecule has 0 spiro atoms. The number of amides is 1. The number of allylic oxidation sites excluding steroid dienone is 1. The SMILES string of the molecule is C/C=C/C(=O)NCC1COCCN1. The lowest BCUT2D eigenvalue weighted by molar-refractivity contribution is -0.116. The topological polar surface area (TPSA) is 50.4 Å². The maximum atomic E-state index is 11.0. The van der Waals surface area contributed by atoms with E-state index in [1.807, 2.05) is 6.92 Å². The van der Waals surface area contributed by atoms with Crippen molar-refractivity contribution in [2.45, 2.75) is 13.0 Å². The van der Waals surface area contributed by atoms with E-state index in [2.05, 4.69) is 10.6 Å². The highest BCUT2D eigenvalue weighted by molar-refractivity contribution is 5.87. The van der Waals surface area contributed by atoms with Crippen LogP contribution in [0.3, 0.4) is 0 Å². The number of hydrogen-bond acceptors (Lipinski definition) is 3. The summed E-state index contributed by atoms with van der Waals surface area (Å²) in [4.78, 5) is 11.0. The van der Waals surface area contributed by atoms with Crippen molar-refractivity contribution in [3.05, 3.63) is 12.2 Å². The van der Waals surface area contributed by atoms with Crippen LogP contribution in [0.25, 0.3) is 0 Å². The number of nitrogens with one attached hydrogen (secondary N) is 2. The zero-order valence-electron chi connectivity index (χ0n) is 7.88. The van der Waals surface area contributed by atoms with Gasteiger partial charge in [-0.2, -0.15) is 0 Å². The molecule has 1 unspecified atom stereocenters. The van der Waals surface area contributed by atoms with E-state index in [0.717, 1.165) is 13.2 Å². The van der Waals surface area contributed by atoms with Gasteiger partial charge in [0.25, 0.3) is 0 Å². The number of carbonyl (C=O) groups is 1. The van der Waals surface area contributed by atoms with Crippen LogP contribution in [-0.4, -0.2) is 38.3 Å². The van der Waals surface area contributed by atoms with Crippen LogP contribution < -0.4 is 10.6 Å². The van der Waals surface area contributed by atoms with E-state index in [9.17, 15) is 4.79 Å². The van der Waals surface area contributed by atoms with Crippen LogP contribution >= 0.6 is 0 Å². The van der Waals surface area contributed by atoms with E-state index in [4.69, 9.17) is 4.74 Å². The average Bonchev–Trinajstić information content (AvgIpc) is 2.17. The summed E-state index contributed by atoms with van der Waals surface area (Å²) >= 11 is 0. The highest BCUT2D eigenvalue weighted by Gasteiger charge is 2.12. The van der Waals surface area contributed by atoms with E-state index in [1.54, 1.807) is 6.08 Å². The molecule has 0 saturated carbocycles. The van der Waals surface area contributed by atoms with Gasteiger partial charge in [0.05, 0.1) is 13.2 Å². The minimum atomic E-state index is -0.0464. The molecule has 1 rings (SSSR count). The summed E-state index contributed by atoms with van der Waals surface area (Å²) in [6.45, 7) is 4.75. The summed E-state index contributed by atoms with van der Waals surface area (Å²) in [6, 6.07) is 0.253. The van der Waals surface area contributed by atoms with Gasteiger partial charge < -0.3 is 15.4 Å². The predicted octanol–water partition coefficient (Wildman–Crippen LogP) is -0.333. The standard InChI is InChI=1S/C9H16N2O2/c1-2-3-9(12)11-6-8-7-13-5-4-10-8/h2-3,8,10H,4-7H2,1H3,(H,11,12)/b3-2+. The molecule has 0 aromatic carbocycles. The molecule has 0 bridgehead atoms. The zero-order valence-corrected chi connectivity index (χ0v) is 7.88. The van der Waals surface area contributed by atoms with Crippen molar-refractivity contribution in [1.82, 2.24) is 10.6 Å². The Balaban J connectivity index is 2.13. The second-order valence-electron chi connectivity index (χ2n) is 2.97. The molecule has 4 heteroatoms. The van der Waals surface area contributed by atoms with E-state index in [0.29, 0.717) is 13.2 Å². The molecule has 0 aromatic rings. The monoisotopic (exact) mass is 184 g/mol. The molecule has 0 radical (unpaired) electrons. The Morgan fingerprint density at radius 1 is 1.77 bits per heavy atom. The molecule has 0 aromatic heterocycles. The third kappa shape index (κ3) is 4.05. The van der Waals surface area contributed by atoms with Crippen molar-refractivity contribution in [2.75, 3.05) is 26.3 Å². The van der Waals surface area contributed by atoms with Gasteiger partial charge in [0.2, 0.25) is 5.91 Å². The molecular formula is C9H16N2O2. The zero-order chi connectivity index (χ0) is 9.52. The Morgan fingerprint density at radius 3 is 3.23 bits per heavy atom. The molecule has 13 heavy (non-hydrogen) atoms. The van der Waals surface area contributed by atoms with Gasteiger partial charge in [-0.3, -0.25) is 4.79 Å². The van der Waals surface area contributed by atoms with Gasteiger partial charge in [0, 0.05) is 19.1 Å². The Hall–Kier alpha value is -0.870. The molecule has 1 atom stereocenters.